The molecule has 2 nitrogen and oxygen atoms in total. The number of rotatable bonds is 2. The van der Waals surface area contributed by atoms with E-state index in [0.29, 0.717) is 11.1 Å². The molecular formula is C18H14FNO. The number of nitrogens with one attached hydrogen (secondary N) is 1. The summed E-state index contributed by atoms with van der Waals surface area (Å²) < 4.78 is 13.1. The van der Waals surface area contributed by atoms with Gasteiger partial charge in [-0.2, -0.15) is 0 Å². The number of fused-ring (bicyclic) bond motifs is 1. The summed E-state index contributed by atoms with van der Waals surface area (Å²) in [6.45, 7) is 1.72. The summed E-state index contributed by atoms with van der Waals surface area (Å²) in [5.74, 6) is -0.572. The van der Waals surface area contributed by atoms with Crippen molar-refractivity contribution in [1.29, 1.82) is 0 Å². The van der Waals surface area contributed by atoms with Crippen molar-refractivity contribution in [2.45, 2.75) is 6.92 Å². The SMILES string of the molecule is Cc1cc(F)ccc1C(=O)Nc1ccc2ccccc2c1. The maximum atomic E-state index is 13.1. The lowest BCUT2D eigenvalue weighted by Gasteiger charge is -2.08. The van der Waals surface area contributed by atoms with Crippen LogP contribution in [0.15, 0.2) is 60.7 Å². The number of hydrogen-bond donors (Lipinski definition) is 1. The summed E-state index contributed by atoms with van der Waals surface area (Å²) in [4.78, 5) is 12.2. The maximum absolute atomic E-state index is 13.1. The monoisotopic (exact) mass is 279 g/mol. The van der Waals surface area contributed by atoms with Crippen molar-refractivity contribution in [3.05, 3.63) is 77.6 Å². The van der Waals surface area contributed by atoms with E-state index in [-0.39, 0.29) is 11.7 Å². The number of amides is 1. The van der Waals surface area contributed by atoms with Crippen LogP contribution in [0.4, 0.5) is 10.1 Å². The Morgan fingerprint density at radius 2 is 1.71 bits per heavy atom. The number of hydrogen-bond acceptors (Lipinski definition) is 1. The second-order valence-corrected chi connectivity index (χ2v) is 4.98. The normalized spacial score (nSPS) is 10.6. The highest BCUT2D eigenvalue weighted by Gasteiger charge is 2.10. The van der Waals surface area contributed by atoms with Gasteiger partial charge >= 0.3 is 0 Å². The Bertz CT molecular complexity index is 826. The summed E-state index contributed by atoms with van der Waals surface area (Å²) in [6, 6.07) is 17.8. The predicted molar refractivity (Wildman–Crippen MR) is 83.0 cm³/mol. The Morgan fingerprint density at radius 1 is 0.952 bits per heavy atom. The Morgan fingerprint density at radius 3 is 2.48 bits per heavy atom. The molecular weight excluding hydrogens is 265 g/mol. The van der Waals surface area contributed by atoms with E-state index in [9.17, 15) is 9.18 Å². The molecule has 3 rings (SSSR count). The second kappa shape index (κ2) is 5.37. The molecule has 3 heteroatoms. The molecule has 0 spiro atoms. The van der Waals surface area contributed by atoms with Crippen LogP contribution in [0, 0.1) is 12.7 Å². The maximum Gasteiger partial charge on any atom is 0.255 e. The van der Waals surface area contributed by atoms with Crippen LogP contribution in [0.1, 0.15) is 15.9 Å². The highest BCUT2D eigenvalue weighted by molar-refractivity contribution is 6.06. The van der Waals surface area contributed by atoms with Crippen molar-refractivity contribution in [3.8, 4) is 0 Å². The smallest absolute Gasteiger partial charge is 0.255 e. The van der Waals surface area contributed by atoms with Gasteiger partial charge in [0.25, 0.3) is 5.91 Å². The molecule has 3 aromatic carbocycles. The van der Waals surface area contributed by atoms with Crippen LogP contribution in [0.5, 0.6) is 0 Å². The lowest BCUT2D eigenvalue weighted by atomic mass is 10.1. The highest BCUT2D eigenvalue weighted by atomic mass is 19.1. The van der Waals surface area contributed by atoms with Crippen molar-refractivity contribution in [3.63, 3.8) is 0 Å². The van der Waals surface area contributed by atoms with Crippen LogP contribution >= 0.6 is 0 Å². The molecule has 0 aliphatic carbocycles. The van der Waals surface area contributed by atoms with Crippen molar-refractivity contribution >= 4 is 22.4 Å². The minimum Gasteiger partial charge on any atom is -0.322 e. The predicted octanol–water partition coefficient (Wildman–Crippen LogP) is 4.54. The van der Waals surface area contributed by atoms with Crippen LogP contribution < -0.4 is 5.32 Å². The van der Waals surface area contributed by atoms with Crippen molar-refractivity contribution in [2.75, 3.05) is 5.32 Å². The zero-order valence-electron chi connectivity index (χ0n) is 11.6. The number of anilines is 1. The molecule has 0 heterocycles. The van der Waals surface area contributed by atoms with Gasteiger partial charge in [0.15, 0.2) is 0 Å². The minimum atomic E-state index is -0.338. The molecule has 0 aliphatic heterocycles. The van der Waals surface area contributed by atoms with E-state index in [1.54, 1.807) is 6.92 Å². The largest absolute Gasteiger partial charge is 0.322 e. The zero-order chi connectivity index (χ0) is 14.8. The third-order valence-electron chi connectivity index (χ3n) is 3.44. The Hall–Kier alpha value is -2.68. The fraction of sp³-hybridized carbons (Fsp3) is 0.0556. The van der Waals surface area contributed by atoms with Crippen molar-refractivity contribution in [1.82, 2.24) is 0 Å². The van der Waals surface area contributed by atoms with E-state index in [0.717, 1.165) is 16.5 Å². The van der Waals surface area contributed by atoms with Gasteiger partial charge in [0.2, 0.25) is 0 Å². The molecule has 0 atom stereocenters. The van der Waals surface area contributed by atoms with Crippen molar-refractivity contribution in [2.24, 2.45) is 0 Å². The lowest BCUT2D eigenvalue weighted by Crippen LogP contribution is -2.13. The Kier molecular flexibility index (Phi) is 3.40. The van der Waals surface area contributed by atoms with Crippen molar-refractivity contribution < 1.29 is 9.18 Å². The van der Waals surface area contributed by atoms with E-state index in [1.807, 2.05) is 42.5 Å². The fourth-order valence-electron chi connectivity index (χ4n) is 2.35. The average molecular weight is 279 g/mol. The van der Waals surface area contributed by atoms with Gasteiger partial charge in [-0.25, -0.2) is 4.39 Å². The summed E-state index contributed by atoms with van der Waals surface area (Å²) in [6.07, 6.45) is 0. The molecule has 0 saturated carbocycles. The first-order valence-corrected chi connectivity index (χ1v) is 6.70. The number of halogens is 1. The molecule has 0 radical (unpaired) electrons. The Labute approximate surface area is 122 Å². The first-order valence-electron chi connectivity index (χ1n) is 6.70. The molecule has 1 N–H and O–H groups in total. The van der Waals surface area contributed by atoms with Crippen LogP contribution in [0.2, 0.25) is 0 Å². The number of aryl methyl sites for hydroxylation is 1. The third kappa shape index (κ3) is 2.77. The van der Waals surface area contributed by atoms with Gasteiger partial charge in [0.05, 0.1) is 0 Å². The van der Waals surface area contributed by atoms with Gasteiger partial charge in [0, 0.05) is 11.3 Å². The fourth-order valence-corrected chi connectivity index (χ4v) is 2.35. The summed E-state index contributed by atoms with van der Waals surface area (Å²) in [5, 5.41) is 5.03. The van der Waals surface area contributed by atoms with E-state index in [4.69, 9.17) is 0 Å². The van der Waals surface area contributed by atoms with Gasteiger partial charge in [0.1, 0.15) is 5.82 Å². The second-order valence-electron chi connectivity index (χ2n) is 4.98. The van der Waals surface area contributed by atoms with Crippen LogP contribution in [0.25, 0.3) is 10.8 Å². The van der Waals surface area contributed by atoms with Gasteiger partial charge in [-0.3, -0.25) is 4.79 Å². The molecule has 21 heavy (non-hydrogen) atoms. The molecule has 104 valence electrons. The molecule has 0 aromatic heterocycles. The molecule has 0 fully saturated rings. The number of carbonyl (C=O) groups is 1. The standard InChI is InChI=1S/C18H14FNO/c1-12-10-15(19)7-9-17(12)18(21)20-16-8-6-13-4-2-3-5-14(13)11-16/h2-11H,1H3,(H,20,21). The topological polar surface area (TPSA) is 29.1 Å². The van der Waals surface area contributed by atoms with E-state index >= 15 is 0 Å². The van der Waals surface area contributed by atoms with Gasteiger partial charge < -0.3 is 5.32 Å². The molecule has 0 aliphatic rings. The molecule has 0 unspecified atom stereocenters. The molecule has 0 bridgehead atoms. The van der Waals surface area contributed by atoms with Gasteiger partial charge in [-0.05, 0) is 53.6 Å². The van der Waals surface area contributed by atoms with E-state index in [2.05, 4.69) is 5.32 Å². The highest BCUT2D eigenvalue weighted by Crippen LogP contribution is 2.20. The van der Waals surface area contributed by atoms with E-state index < -0.39 is 0 Å². The molecule has 3 aromatic rings. The molecule has 1 amide bonds. The van der Waals surface area contributed by atoms with Gasteiger partial charge in [-0.1, -0.05) is 30.3 Å². The van der Waals surface area contributed by atoms with E-state index in [1.165, 1.54) is 18.2 Å². The quantitative estimate of drug-likeness (QED) is 0.733. The lowest BCUT2D eigenvalue weighted by molar-refractivity contribution is 0.102. The summed E-state index contributed by atoms with van der Waals surface area (Å²) in [7, 11) is 0. The van der Waals surface area contributed by atoms with Crippen LogP contribution in [-0.4, -0.2) is 5.91 Å². The first kappa shape index (κ1) is 13.3. The van der Waals surface area contributed by atoms with Crippen LogP contribution in [0.3, 0.4) is 0 Å². The number of benzene rings is 3. The average Bonchev–Trinajstić information content (AvgIpc) is 2.47. The number of carbonyl (C=O) groups excluding carboxylic acids is 1. The molecule has 0 saturated heterocycles. The first-order chi connectivity index (χ1) is 10.1. The summed E-state index contributed by atoms with van der Waals surface area (Å²) >= 11 is 0. The summed E-state index contributed by atoms with van der Waals surface area (Å²) in [5.41, 5.74) is 1.82. The third-order valence-corrected chi connectivity index (χ3v) is 3.44. The van der Waals surface area contributed by atoms with Crippen LogP contribution in [-0.2, 0) is 0 Å². The zero-order valence-corrected chi connectivity index (χ0v) is 11.6. The van der Waals surface area contributed by atoms with Gasteiger partial charge in [-0.15, -0.1) is 0 Å². The Balaban J connectivity index is 1.89. The minimum absolute atomic E-state index is 0.234.